The molecular weight excluding hydrogens is 302 g/mol. The monoisotopic (exact) mass is 319 g/mol. The molecule has 0 radical (unpaired) electrons. The zero-order chi connectivity index (χ0) is 17.1. The van der Waals surface area contributed by atoms with Crippen molar-refractivity contribution >= 4 is 28.3 Å². The van der Waals surface area contributed by atoms with Crippen LogP contribution in [-0.4, -0.2) is 35.8 Å². The van der Waals surface area contributed by atoms with E-state index in [-0.39, 0.29) is 11.8 Å². The van der Waals surface area contributed by atoms with Crippen molar-refractivity contribution in [1.82, 2.24) is 9.88 Å². The largest absolute Gasteiger partial charge is 0.345 e. The van der Waals surface area contributed by atoms with Gasteiger partial charge in [-0.05, 0) is 23.6 Å². The molecule has 0 atom stereocenters. The Kier molecular flexibility index (Phi) is 4.24. The molecule has 5 nitrogen and oxygen atoms in total. The second kappa shape index (κ2) is 6.50. The van der Waals surface area contributed by atoms with E-state index in [1.807, 2.05) is 24.3 Å². The van der Waals surface area contributed by atoms with Gasteiger partial charge in [0.1, 0.15) is 0 Å². The summed E-state index contributed by atoms with van der Waals surface area (Å²) in [5, 5.41) is 4.58. The lowest BCUT2D eigenvalue weighted by Crippen LogP contribution is -2.22. The fraction of sp³-hybridized carbons (Fsp3) is 0.105. The summed E-state index contributed by atoms with van der Waals surface area (Å²) in [5.41, 5.74) is 1.59. The minimum atomic E-state index is -0.256. The fourth-order valence-electron chi connectivity index (χ4n) is 2.48. The zero-order valence-electron chi connectivity index (χ0n) is 13.5. The number of rotatable bonds is 3. The van der Waals surface area contributed by atoms with Gasteiger partial charge in [0.25, 0.3) is 11.8 Å². The molecule has 0 saturated heterocycles. The maximum atomic E-state index is 12.6. The maximum absolute atomic E-state index is 12.6. The topological polar surface area (TPSA) is 62.3 Å². The highest BCUT2D eigenvalue weighted by molar-refractivity contribution is 6.12. The van der Waals surface area contributed by atoms with Gasteiger partial charge in [-0.15, -0.1) is 0 Å². The molecule has 5 heteroatoms. The van der Waals surface area contributed by atoms with Crippen molar-refractivity contribution < 1.29 is 9.59 Å². The summed E-state index contributed by atoms with van der Waals surface area (Å²) >= 11 is 0. The standard InChI is InChI=1S/C19H17N3O2/c1-22(2)19(24)13-7-5-8-15(10-13)21-18(23)17-12-20-11-14-6-3-4-9-16(14)17/h3-12H,1-2H3,(H,21,23). The van der Waals surface area contributed by atoms with Gasteiger partial charge in [-0.2, -0.15) is 0 Å². The predicted molar refractivity (Wildman–Crippen MR) is 94.2 cm³/mol. The van der Waals surface area contributed by atoms with E-state index >= 15 is 0 Å². The molecule has 3 rings (SSSR count). The van der Waals surface area contributed by atoms with Crippen LogP contribution >= 0.6 is 0 Å². The second-order valence-corrected chi connectivity index (χ2v) is 5.64. The van der Waals surface area contributed by atoms with Crippen LogP contribution in [0.1, 0.15) is 20.7 Å². The summed E-state index contributed by atoms with van der Waals surface area (Å²) < 4.78 is 0. The molecule has 0 aliphatic heterocycles. The lowest BCUT2D eigenvalue weighted by atomic mass is 10.1. The normalized spacial score (nSPS) is 10.4. The molecule has 2 amide bonds. The summed E-state index contributed by atoms with van der Waals surface area (Å²) in [6.45, 7) is 0. The summed E-state index contributed by atoms with van der Waals surface area (Å²) in [6.07, 6.45) is 3.27. The number of fused-ring (bicyclic) bond motifs is 1. The van der Waals surface area contributed by atoms with E-state index in [2.05, 4.69) is 10.3 Å². The number of benzene rings is 2. The molecule has 120 valence electrons. The Bertz CT molecular complexity index is 914. The second-order valence-electron chi connectivity index (χ2n) is 5.64. The molecule has 0 saturated carbocycles. The lowest BCUT2D eigenvalue weighted by molar-refractivity contribution is 0.0827. The Morgan fingerprint density at radius 3 is 2.58 bits per heavy atom. The van der Waals surface area contributed by atoms with Crippen molar-refractivity contribution in [1.29, 1.82) is 0 Å². The number of nitrogens with zero attached hydrogens (tertiary/aromatic N) is 2. The van der Waals surface area contributed by atoms with E-state index in [0.29, 0.717) is 16.8 Å². The Morgan fingerprint density at radius 1 is 1.00 bits per heavy atom. The third-order valence-electron chi connectivity index (χ3n) is 3.69. The van der Waals surface area contributed by atoms with Gasteiger partial charge < -0.3 is 10.2 Å². The quantitative estimate of drug-likeness (QED) is 0.806. The van der Waals surface area contributed by atoms with Gasteiger partial charge in [-0.25, -0.2) is 0 Å². The summed E-state index contributed by atoms with van der Waals surface area (Å²) in [6, 6.07) is 14.5. The highest BCUT2D eigenvalue weighted by Crippen LogP contribution is 2.19. The maximum Gasteiger partial charge on any atom is 0.257 e. The van der Waals surface area contributed by atoms with Crippen LogP contribution in [0.4, 0.5) is 5.69 Å². The van der Waals surface area contributed by atoms with Crippen molar-refractivity contribution in [2.75, 3.05) is 19.4 Å². The van der Waals surface area contributed by atoms with Crippen molar-refractivity contribution in [3.8, 4) is 0 Å². The van der Waals surface area contributed by atoms with E-state index in [1.54, 1.807) is 50.8 Å². The van der Waals surface area contributed by atoms with Crippen LogP contribution in [0, 0.1) is 0 Å². The first-order valence-corrected chi connectivity index (χ1v) is 7.52. The van der Waals surface area contributed by atoms with Crippen LogP contribution < -0.4 is 5.32 Å². The van der Waals surface area contributed by atoms with E-state index < -0.39 is 0 Å². The molecule has 3 aromatic rings. The number of aromatic nitrogens is 1. The summed E-state index contributed by atoms with van der Waals surface area (Å²) in [4.78, 5) is 30.2. The molecular formula is C19H17N3O2. The van der Waals surface area contributed by atoms with Gasteiger partial charge in [0.2, 0.25) is 0 Å². The number of anilines is 1. The van der Waals surface area contributed by atoms with Crippen molar-refractivity contribution in [3.05, 3.63) is 72.1 Å². The first kappa shape index (κ1) is 15.7. The molecule has 0 unspecified atom stereocenters. The van der Waals surface area contributed by atoms with Gasteiger partial charge in [0, 0.05) is 43.1 Å². The average molecular weight is 319 g/mol. The van der Waals surface area contributed by atoms with E-state index in [9.17, 15) is 9.59 Å². The summed E-state index contributed by atoms with van der Waals surface area (Å²) in [5.74, 6) is -0.369. The van der Waals surface area contributed by atoms with Crippen LogP contribution in [0.2, 0.25) is 0 Å². The van der Waals surface area contributed by atoms with Gasteiger partial charge in [-0.3, -0.25) is 14.6 Å². The Hall–Kier alpha value is -3.21. The van der Waals surface area contributed by atoms with Crippen LogP contribution in [0.15, 0.2) is 60.9 Å². The Morgan fingerprint density at radius 2 is 1.79 bits per heavy atom. The Balaban J connectivity index is 1.90. The number of amides is 2. The third kappa shape index (κ3) is 3.10. The lowest BCUT2D eigenvalue weighted by Gasteiger charge is -2.12. The number of hydrogen-bond donors (Lipinski definition) is 1. The molecule has 0 spiro atoms. The number of carbonyl (C=O) groups excluding carboxylic acids is 2. The van der Waals surface area contributed by atoms with Crippen LogP contribution in [0.3, 0.4) is 0 Å². The van der Waals surface area contributed by atoms with Crippen LogP contribution in [0.5, 0.6) is 0 Å². The SMILES string of the molecule is CN(C)C(=O)c1cccc(NC(=O)c2cncc3ccccc23)c1. The average Bonchev–Trinajstić information content (AvgIpc) is 2.60. The Labute approximate surface area is 139 Å². The molecule has 24 heavy (non-hydrogen) atoms. The van der Waals surface area contributed by atoms with Crippen molar-refractivity contribution in [3.63, 3.8) is 0 Å². The van der Waals surface area contributed by atoms with Gasteiger partial charge in [0.15, 0.2) is 0 Å². The molecule has 2 aromatic carbocycles. The van der Waals surface area contributed by atoms with Crippen molar-refractivity contribution in [2.45, 2.75) is 0 Å². The van der Waals surface area contributed by atoms with Gasteiger partial charge >= 0.3 is 0 Å². The minimum Gasteiger partial charge on any atom is -0.345 e. The molecule has 0 aliphatic rings. The van der Waals surface area contributed by atoms with Gasteiger partial charge in [-0.1, -0.05) is 30.3 Å². The molecule has 1 heterocycles. The van der Waals surface area contributed by atoms with Crippen LogP contribution in [-0.2, 0) is 0 Å². The summed E-state index contributed by atoms with van der Waals surface area (Å²) in [7, 11) is 3.38. The smallest absolute Gasteiger partial charge is 0.257 e. The molecule has 0 bridgehead atoms. The predicted octanol–water partition coefficient (Wildman–Crippen LogP) is 3.19. The molecule has 1 N–H and O–H groups in total. The molecule has 0 fully saturated rings. The minimum absolute atomic E-state index is 0.113. The zero-order valence-corrected chi connectivity index (χ0v) is 13.5. The van der Waals surface area contributed by atoms with E-state index in [4.69, 9.17) is 0 Å². The van der Waals surface area contributed by atoms with E-state index in [0.717, 1.165) is 10.8 Å². The highest BCUT2D eigenvalue weighted by atomic mass is 16.2. The molecule has 1 aromatic heterocycles. The number of hydrogen-bond acceptors (Lipinski definition) is 3. The number of nitrogens with one attached hydrogen (secondary N) is 1. The number of carbonyl (C=O) groups is 2. The fourth-order valence-corrected chi connectivity index (χ4v) is 2.48. The van der Waals surface area contributed by atoms with Gasteiger partial charge in [0.05, 0.1) is 5.56 Å². The van der Waals surface area contributed by atoms with E-state index in [1.165, 1.54) is 4.90 Å². The highest BCUT2D eigenvalue weighted by Gasteiger charge is 2.13. The number of pyridine rings is 1. The first-order chi connectivity index (χ1) is 11.6. The first-order valence-electron chi connectivity index (χ1n) is 7.52. The van der Waals surface area contributed by atoms with Crippen molar-refractivity contribution in [2.24, 2.45) is 0 Å². The third-order valence-corrected chi connectivity index (χ3v) is 3.69. The molecule has 0 aliphatic carbocycles. The van der Waals surface area contributed by atoms with Crippen LogP contribution in [0.25, 0.3) is 10.8 Å².